The van der Waals surface area contributed by atoms with Crippen LogP contribution in [0.4, 0.5) is 14.5 Å². The van der Waals surface area contributed by atoms with E-state index in [4.69, 9.17) is 0 Å². The Bertz CT molecular complexity index is 927. The highest BCUT2D eigenvalue weighted by atomic mass is 19.2. The molecule has 1 aromatic heterocycles. The number of nitrogens with one attached hydrogen (secondary N) is 1. The van der Waals surface area contributed by atoms with Crippen LogP contribution in [-0.2, 0) is 11.3 Å². The summed E-state index contributed by atoms with van der Waals surface area (Å²) in [5.41, 5.74) is 2.13. The van der Waals surface area contributed by atoms with Crippen molar-refractivity contribution in [3.05, 3.63) is 78.1 Å². The Morgan fingerprint density at radius 2 is 1.93 bits per heavy atom. The zero-order chi connectivity index (χ0) is 19.4. The summed E-state index contributed by atoms with van der Waals surface area (Å²) < 4.78 is 28.0. The van der Waals surface area contributed by atoms with Crippen molar-refractivity contribution < 1.29 is 13.6 Å². The van der Waals surface area contributed by atoms with Crippen LogP contribution in [0.3, 0.4) is 0 Å². The largest absolute Gasteiger partial charge is 0.325 e. The Kier molecular flexibility index (Phi) is 5.61. The van der Waals surface area contributed by atoms with Crippen molar-refractivity contribution in [3.63, 3.8) is 0 Å². The first kappa shape index (κ1) is 18.7. The van der Waals surface area contributed by atoms with E-state index in [0.717, 1.165) is 23.4 Å². The summed E-state index contributed by atoms with van der Waals surface area (Å²) in [5.74, 6) is -2.25. The molecule has 0 spiro atoms. The number of hydrogen-bond donors (Lipinski definition) is 1. The number of rotatable bonds is 6. The van der Waals surface area contributed by atoms with E-state index in [9.17, 15) is 13.6 Å². The van der Waals surface area contributed by atoms with E-state index in [1.165, 1.54) is 6.07 Å². The van der Waals surface area contributed by atoms with Gasteiger partial charge >= 0.3 is 0 Å². The number of carbonyl (C=O) groups is 1. The molecule has 0 aliphatic rings. The summed E-state index contributed by atoms with van der Waals surface area (Å²) in [6.45, 7) is 2.26. The van der Waals surface area contributed by atoms with Gasteiger partial charge in [-0.1, -0.05) is 18.2 Å². The minimum Gasteiger partial charge on any atom is -0.325 e. The van der Waals surface area contributed by atoms with E-state index in [1.807, 2.05) is 48.5 Å². The summed E-state index contributed by atoms with van der Waals surface area (Å²) >= 11 is 0. The molecule has 1 amide bonds. The number of amides is 1. The molecule has 0 fully saturated rings. The van der Waals surface area contributed by atoms with E-state index >= 15 is 0 Å². The molecule has 1 heterocycles. The molecule has 1 unspecified atom stereocenters. The molecule has 3 aromatic rings. The van der Waals surface area contributed by atoms with Gasteiger partial charge in [0.25, 0.3) is 0 Å². The monoisotopic (exact) mass is 370 g/mol. The fourth-order valence-corrected chi connectivity index (χ4v) is 2.61. The van der Waals surface area contributed by atoms with Gasteiger partial charge in [0.1, 0.15) is 0 Å². The summed E-state index contributed by atoms with van der Waals surface area (Å²) in [5, 5.41) is 6.94. The van der Waals surface area contributed by atoms with Crippen molar-refractivity contribution in [1.82, 2.24) is 14.7 Å². The smallest absolute Gasteiger partial charge is 0.241 e. The van der Waals surface area contributed by atoms with Crippen LogP contribution in [0.1, 0.15) is 12.5 Å². The van der Waals surface area contributed by atoms with E-state index in [0.29, 0.717) is 6.54 Å². The lowest BCUT2D eigenvalue weighted by Gasteiger charge is -2.23. The highest BCUT2D eigenvalue weighted by Crippen LogP contribution is 2.15. The van der Waals surface area contributed by atoms with Gasteiger partial charge in [0.15, 0.2) is 11.6 Å². The predicted molar refractivity (Wildman–Crippen MR) is 99.5 cm³/mol. The molecule has 5 nitrogen and oxygen atoms in total. The summed E-state index contributed by atoms with van der Waals surface area (Å²) in [4.78, 5) is 14.2. The third-order valence-corrected chi connectivity index (χ3v) is 4.32. The molecule has 1 atom stereocenters. The van der Waals surface area contributed by atoms with Gasteiger partial charge in [-0.25, -0.2) is 13.5 Å². The molecule has 3 rings (SSSR count). The minimum absolute atomic E-state index is 0.219. The van der Waals surface area contributed by atoms with Crippen LogP contribution in [0.25, 0.3) is 5.69 Å². The highest BCUT2D eigenvalue weighted by Gasteiger charge is 2.19. The molecule has 7 heteroatoms. The van der Waals surface area contributed by atoms with Gasteiger partial charge in [-0.15, -0.1) is 0 Å². The number of nitrogens with zero attached hydrogens (tertiary/aromatic N) is 3. The van der Waals surface area contributed by atoms with Gasteiger partial charge in [-0.05, 0) is 38.2 Å². The van der Waals surface area contributed by atoms with E-state index in [1.54, 1.807) is 17.8 Å². The van der Waals surface area contributed by atoms with Crippen LogP contribution in [-0.4, -0.2) is 33.7 Å². The quantitative estimate of drug-likeness (QED) is 0.721. The lowest BCUT2D eigenvalue weighted by Crippen LogP contribution is -2.39. The summed E-state index contributed by atoms with van der Waals surface area (Å²) in [6, 6.07) is 12.5. The van der Waals surface area contributed by atoms with Crippen molar-refractivity contribution in [2.24, 2.45) is 0 Å². The molecule has 140 valence electrons. The lowest BCUT2D eigenvalue weighted by molar-refractivity contribution is -0.120. The normalized spacial score (nSPS) is 12.2. The van der Waals surface area contributed by atoms with Crippen LogP contribution in [0.5, 0.6) is 0 Å². The Morgan fingerprint density at radius 1 is 1.19 bits per heavy atom. The van der Waals surface area contributed by atoms with E-state index < -0.39 is 17.7 Å². The predicted octanol–water partition coefficient (Wildman–Crippen LogP) is 3.61. The fraction of sp³-hybridized carbons (Fsp3) is 0.200. The number of anilines is 1. The van der Waals surface area contributed by atoms with Crippen molar-refractivity contribution in [2.45, 2.75) is 19.5 Å². The Balaban J connectivity index is 1.61. The fourth-order valence-electron chi connectivity index (χ4n) is 2.61. The maximum atomic E-state index is 13.3. The Hall–Kier alpha value is -3.06. The van der Waals surface area contributed by atoms with Crippen LogP contribution in [0, 0.1) is 11.6 Å². The van der Waals surface area contributed by atoms with Crippen molar-refractivity contribution >= 4 is 11.6 Å². The Morgan fingerprint density at radius 3 is 2.63 bits per heavy atom. The number of likely N-dealkylation sites (N-methyl/N-ethyl adjacent to an activating group) is 1. The average molecular weight is 370 g/mol. The highest BCUT2D eigenvalue weighted by molar-refractivity contribution is 5.94. The number of benzene rings is 2. The maximum Gasteiger partial charge on any atom is 0.241 e. The third kappa shape index (κ3) is 4.57. The standard InChI is InChI=1S/C20H20F2N4O/c1-14(20(27)24-16-8-9-18(21)19(22)10-16)25(2)12-15-11-23-26(13-15)17-6-4-3-5-7-17/h3-11,13-14H,12H2,1-2H3,(H,24,27). The molecule has 1 N–H and O–H groups in total. The van der Waals surface area contributed by atoms with Gasteiger partial charge in [-0.2, -0.15) is 5.10 Å². The zero-order valence-electron chi connectivity index (χ0n) is 15.1. The van der Waals surface area contributed by atoms with Crippen LogP contribution < -0.4 is 5.32 Å². The van der Waals surface area contributed by atoms with Gasteiger partial charge in [0, 0.05) is 30.1 Å². The number of aromatic nitrogens is 2. The zero-order valence-corrected chi connectivity index (χ0v) is 15.1. The molecule has 27 heavy (non-hydrogen) atoms. The van der Waals surface area contributed by atoms with Crippen LogP contribution in [0.2, 0.25) is 0 Å². The molecule has 0 aliphatic heterocycles. The lowest BCUT2D eigenvalue weighted by atomic mass is 10.2. The molecule has 2 aromatic carbocycles. The summed E-state index contributed by atoms with van der Waals surface area (Å²) in [7, 11) is 1.81. The van der Waals surface area contributed by atoms with Gasteiger partial charge in [0.2, 0.25) is 5.91 Å². The van der Waals surface area contributed by atoms with Gasteiger partial charge in [0.05, 0.1) is 17.9 Å². The van der Waals surface area contributed by atoms with Gasteiger partial charge in [-0.3, -0.25) is 9.69 Å². The molecule has 0 aliphatic carbocycles. The SMILES string of the molecule is CC(C(=O)Nc1ccc(F)c(F)c1)N(C)Cc1cnn(-c2ccccc2)c1. The molecule has 0 saturated carbocycles. The number of para-hydroxylation sites is 1. The summed E-state index contributed by atoms with van der Waals surface area (Å²) in [6.07, 6.45) is 3.66. The molecule has 0 bridgehead atoms. The minimum atomic E-state index is -0.998. The first-order valence-electron chi connectivity index (χ1n) is 8.49. The third-order valence-electron chi connectivity index (χ3n) is 4.32. The van der Waals surface area contributed by atoms with Crippen molar-refractivity contribution in [1.29, 1.82) is 0 Å². The topological polar surface area (TPSA) is 50.2 Å². The molecule has 0 saturated heterocycles. The number of hydrogen-bond acceptors (Lipinski definition) is 3. The Labute approximate surface area is 156 Å². The van der Waals surface area contributed by atoms with Crippen molar-refractivity contribution in [2.75, 3.05) is 12.4 Å². The molecular weight excluding hydrogens is 350 g/mol. The van der Waals surface area contributed by atoms with Gasteiger partial charge < -0.3 is 5.32 Å². The van der Waals surface area contributed by atoms with Crippen LogP contribution in [0.15, 0.2) is 60.9 Å². The number of carbonyl (C=O) groups excluding carboxylic acids is 1. The molecular formula is C20H20F2N4O. The number of halogens is 2. The van der Waals surface area contributed by atoms with Crippen LogP contribution >= 0.6 is 0 Å². The second-order valence-electron chi connectivity index (χ2n) is 6.34. The molecule has 0 radical (unpaired) electrons. The van der Waals surface area contributed by atoms with E-state index in [2.05, 4.69) is 10.4 Å². The maximum absolute atomic E-state index is 13.3. The second kappa shape index (κ2) is 8.09. The average Bonchev–Trinajstić information content (AvgIpc) is 3.13. The second-order valence-corrected chi connectivity index (χ2v) is 6.34. The first-order valence-corrected chi connectivity index (χ1v) is 8.49. The van der Waals surface area contributed by atoms with Crippen molar-refractivity contribution in [3.8, 4) is 5.69 Å². The van der Waals surface area contributed by atoms with E-state index in [-0.39, 0.29) is 11.6 Å². The first-order chi connectivity index (χ1) is 12.9.